The van der Waals surface area contributed by atoms with Crippen LogP contribution in [0.4, 0.5) is 0 Å². The highest BCUT2D eigenvalue weighted by Crippen LogP contribution is 2.18. The third-order valence-corrected chi connectivity index (χ3v) is 4.99. The lowest BCUT2D eigenvalue weighted by Crippen LogP contribution is -2.48. The largest absolute Gasteiger partial charge is 0.395 e. The van der Waals surface area contributed by atoms with Gasteiger partial charge >= 0.3 is 0 Å². The van der Waals surface area contributed by atoms with Crippen LogP contribution in [0.25, 0.3) is 0 Å². The minimum atomic E-state index is -0.499. The van der Waals surface area contributed by atoms with Crippen LogP contribution >= 0.6 is 0 Å². The zero-order chi connectivity index (χ0) is 16.8. The number of unbranched alkanes of at least 4 members (excludes halogenated alkanes) is 11. The Balaban J connectivity index is 1.94. The number of piperidine rings is 1. The minimum absolute atomic E-state index is 0.0109. The Kier molecular flexibility index (Phi) is 12.6. The maximum absolute atomic E-state index is 10.1. The van der Waals surface area contributed by atoms with E-state index in [1.54, 1.807) is 0 Å². The van der Waals surface area contributed by atoms with Gasteiger partial charge in [0, 0.05) is 0 Å². The molecule has 1 aliphatic heterocycles. The summed E-state index contributed by atoms with van der Waals surface area (Å²) in [5.74, 6) is 0. The van der Waals surface area contributed by atoms with Gasteiger partial charge in [-0.25, -0.2) is 0 Å². The van der Waals surface area contributed by atoms with Crippen LogP contribution < -0.4 is 5.32 Å². The highest BCUT2D eigenvalue weighted by atomic mass is 16.3. The van der Waals surface area contributed by atoms with E-state index in [1.165, 1.54) is 70.6 Å². The highest BCUT2D eigenvalue weighted by molar-refractivity contribution is 5.14. The van der Waals surface area contributed by atoms with Gasteiger partial charge in [0.2, 0.25) is 0 Å². The minimum Gasteiger partial charge on any atom is -0.395 e. The van der Waals surface area contributed by atoms with Gasteiger partial charge in [-0.1, -0.05) is 77.2 Å². The fraction of sp³-hybridized carbons (Fsp3) is 0.900. The summed E-state index contributed by atoms with van der Waals surface area (Å²) in [4.78, 5) is 0. The smallest absolute Gasteiger partial charge is 0.0926 e. The van der Waals surface area contributed by atoms with Crippen LogP contribution in [0.2, 0.25) is 0 Å². The van der Waals surface area contributed by atoms with E-state index in [0.29, 0.717) is 0 Å². The van der Waals surface area contributed by atoms with E-state index < -0.39 is 6.10 Å². The van der Waals surface area contributed by atoms with Crippen molar-refractivity contribution in [1.82, 2.24) is 5.32 Å². The summed E-state index contributed by atoms with van der Waals surface area (Å²) >= 11 is 0. The normalized spacial score (nSPS) is 23.5. The number of aliphatic hydroxyl groups excluding tert-OH is 2. The average molecular weight is 326 g/mol. The molecule has 0 aromatic carbocycles. The maximum atomic E-state index is 10.1. The number of nitrogens with one attached hydrogen (secondary N) is 1. The molecule has 136 valence electrons. The van der Waals surface area contributed by atoms with Crippen molar-refractivity contribution >= 4 is 0 Å². The van der Waals surface area contributed by atoms with Crippen LogP contribution in [0, 0.1) is 0 Å². The Morgan fingerprint density at radius 1 is 0.957 bits per heavy atom. The van der Waals surface area contributed by atoms with Crippen LogP contribution in [0.15, 0.2) is 11.6 Å². The second kappa shape index (κ2) is 14.0. The van der Waals surface area contributed by atoms with Crippen molar-refractivity contribution in [3.63, 3.8) is 0 Å². The summed E-state index contributed by atoms with van der Waals surface area (Å²) < 4.78 is 0. The molecule has 0 aliphatic carbocycles. The number of hydrogen-bond acceptors (Lipinski definition) is 3. The van der Waals surface area contributed by atoms with E-state index in [1.807, 2.05) is 0 Å². The molecule has 0 aromatic heterocycles. The maximum Gasteiger partial charge on any atom is 0.0926 e. The van der Waals surface area contributed by atoms with E-state index >= 15 is 0 Å². The second-order valence-corrected chi connectivity index (χ2v) is 7.04. The van der Waals surface area contributed by atoms with Crippen LogP contribution in [0.1, 0.15) is 90.4 Å². The van der Waals surface area contributed by atoms with E-state index in [0.717, 1.165) is 25.0 Å². The molecule has 0 radical (unpaired) electrons. The molecule has 1 fully saturated rings. The summed E-state index contributed by atoms with van der Waals surface area (Å²) in [7, 11) is 0. The molecule has 23 heavy (non-hydrogen) atoms. The molecule has 3 N–H and O–H groups in total. The lowest BCUT2D eigenvalue weighted by Gasteiger charge is -2.30. The summed E-state index contributed by atoms with van der Waals surface area (Å²) in [6.45, 7) is 3.15. The van der Waals surface area contributed by atoms with Crippen LogP contribution in [-0.4, -0.2) is 35.5 Å². The number of hydrogen-bond donors (Lipinski definition) is 3. The molecule has 1 heterocycles. The standard InChI is InChI=1S/C20H39NO2/c1-2-3-4-5-6-7-8-9-10-11-12-13-14-18-15-16-21-19(17-22)20(18)23/h14,19-23H,2-13,15-17H2,1H3/b18-14+/t19-,20+/m0/s1. The molecular weight excluding hydrogens is 286 g/mol. The first kappa shape index (κ1) is 20.7. The third-order valence-electron chi connectivity index (χ3n) is 4.99. The molecule has 2 atom stereocenters. The van der Waals surface area contributed by atoms with Crippen molar-refractivity contribution in [2.45, 2.75) is 103 Å². The van der Waals surface area contributed by atoms with Crippen LogP contribution in [0.5, 0.6) is 0 Å². The van der Waals surface area contributed by atoms with Gasteiger partial charge in [0.15, 0.2) is 0 Å². The zero-order valence-corrected chi connectivity index (χ0v) is 15.2. The van der Waals surface area contributed by atoms with Gasteiger partial charge in [-0.3, -0.25) is 0 Å². The fourth-order valence-corrected chi connectivity index (χ4v) is 3.40. The van der Waals surface area contributed by atoms with Gasteiger partial charge < -0.3 is 15.5 Å². The van der Waals surface area contributed by atoms with Gasteiger partial charge in [0.1, 0.15) is 0 Å². The van der Waals surface area contributed by atoms with E-state index in [-0.39, 0.29) is 12.6 Å². The first-order valence-corrected chi connectivity index (χ1v) is 10.0. The summed E-state index contributed by atoms with van der Waals surface area (Å²) in [6.07, 6.45) is 18.8. The third kappa shape index (κ3) is 9.49. The van der Waals surface area contributed by atoms with Crippen molar-refractivity contribution in [3.8, 4) is 0 Å². The Morgan fingerprint density at radius 3 is 2.09 bits per heavy atom. The molecule has 3 nitrogen and oxygen atoms in total. The first-order valence-electron chi connectivity index (χ1n) is 10.0. The van der Waals surface area contributed by atoms with Gasteiger partial charge in [0.05, 0.1) is 18.8 Å². The van der Waals surface area contributed by atoms with E-state index in [4.69, 9.17) is 0 Å². The predicted molar refractivity (Wildman–Crippen MR) is 98.7 cm³/mol. The van der Waals surface area contributed by atoms with Crippen molar-refractivity contribution < 1.29 is 10.2 Å². The monoisotopic (exact) mass is 325 g/mol. The molecule has 0 amide bonds. The van der Waals surface area contributed by atoms with Gasteiger partial charge in [0.25, 0.3) is 0 Å². The Morgan fingerprint density at radius 2 is 1.52 bits per heavy atom. The van der Waals surface area contributed by atoms with E-state index in [9.17, 15) is 10.2 Å². The van der Waals surface area contributed by atoms with Gasteiger partial charge in [-0.05, 0) is 31.4 Å². The summed E-state index contributed by atoms with van der Waals surface area (Å²) in [5.41, 5.74) is 1.12. The number of aliphatic hydroxyl groups is 2. The van der Waals surface area contributed by atoms with Crippen LogP contribution in [0.3, 0.4) is 0 Å². The molecule has 0 aromatic rings. The molecule has 1 rings (SSSR count). The topological polar surface area (TPSA) is 52.5 Å². The molecule has 0 bridgehead atoms. The Hall–Kier alpha value is -0.380. The molecule has 3 heteroatoms. The molecular formula is C20H39NO2. The number of rotatable bonds is 13. The van der Waals surface area contributed by atoms with Crippen LogP contribution in [-0.2, 0) is 0 Å². The fourth-order valence-electron chi connectivity index (χ4n) is 3.40. The van der Waals surface area contributed by atoms with Crippen molar-refractivity contribution in [3.05, 3.63) is 11.6 Å². The molecule has 1 saturated heterocycles. The number of allylic oxidation sites excluding steroid dienone is 1. The molecule has 1 aliphatic rings. The molecule has 0 unspecified atom stereocenters. The lowest BCUT2D eigenvalue weighted by molar-refractivity contribution is 0.100. The zero-order valence-electron chi connectivity index (χ0n) is 15.2. The SMILES string of the molecule is CCCCCCCCCCCCC/C=C1\CCN[C@@H](CO)[C@@H]1O. The summed E-state index contributed by atoms with van der Waals surface area (Å²) in [6, 6.07) is -0.174. The quantitative estimate of drug-likeness (QED) is 0.349. The Bertz CT molecular complexity index is 304. The van der Waals surface area contributed by atoms with Gasteiger partial charge in [-0.2, -0.15) is 0 Å². The Labute approximate surface area is 143 Å². The van der Waals surface area contributed by atoms with Crippen molar-refractivity contribution in [2.24, 2.45) is 0 Å². The molecule has 0 saturated carbocycles. The first-order chi connectivity index (χ1) is 11.3. The van der Waals surface area contributed by atoms with Crippen molar-refractivity contribution in [2.75, 3.05) is 13.2 Å². The van der Waals surface area contributed by atoms with Crippen molar-refractivity contribution in [1.29, 1.82) is 0 Å². The van der Waals surface area contributed by atoms with E-state index in [2.05, 4.69) is 18.3 Å². The molecule has 0 spiro atoms. The predicted octanol–water partition coefficient (Wildman–Crippen LogP) is 4.33. The average Bonchev–Trinajstić information content (AvgIpc) is 2.57. The lowest BCUT2D eigenvalue weighted by atomic mass is 9.94. The summed E-state index contributed by atoms with van der Waals surface area (Å²) in [5, 5.41) is 22.5. The highest BCUT2D eigenvalue weighted by Gasteiger charge is 2.25. The second-order valence-electron chi connectivity index (χ2n) is 7.04. The van der Waals surface area contributed by atoms with Gasteiger partial charge in [-0.15, -0.1) is 0 Å².